The van der Waals surface area contributed by atoms with Gasteiger partial charge >= 0.3 is 0 Å². The molecule has 0 amide bonds. The molecule has 0 atom stereocenters. The summed E-state index contributed by atoms with van der Waals surface area (Å²) in [5, 5.41) is 7.42. The van der Waals surface area contributed by atoms with Crippen LogP contribution in [0, 0.1) is 5.41 Å². The summed E-state index contributed by atoms with van der Waals surface area (Å²) in [6, 6.07) is 9.18. The van der Waals surface area contributed by atoms with Gasteiger partial charge in [0.25, 0.3) is 0 Å². The summed E-state index contributed by atoms with van der Waals surface area (Å²) < 4.78 is 5.53. The van der Waals surface area contributed by atoms with Gasteiger partial charge in [-0.1, -0.05) is 6.07 Å². The Labute approximate surface area is 105 Å². The minimum Gasteiger partial charge on any atom is -0.477 e. The lowest BCUT2D eigenvalue weighted by atomic mass is 10.2. The number of nitrogen functional groups attached to an aromatic ring is 1. The summed E-state index contributed by atoms with van der Waals surface area (Å²) in [6.07, 6.45) is 4.05. The summed E-state index contributed by atoms with van der Waals surface area (Å²) in [5.41, 5.74) is 6.92. The second-order valence-electron chi connectivity index (χ2n) is 3.69. The molecule has 92 valence electrons. The molecule has 2 aromatic heterocycles. The number of nitrogens with two attached hydrogens (primary N) is 1. The first-order valence-corrected chi connectivity index (χ1v) is 5.59. The van der Waals surface area contributed by atoms with Crippen LogP contribution < -0.4 is 10.5 Å². The normalized spacial score (nSPS) is 10.0. The van der Waals surface area contributed by atoms with Gasteiger partial charge in [-0.25, -0.2) is 4.98 Å². The molecular weight excluding hydrogens is 228 g/mol. The van der Waals surface area contributed by atoms with Gasteiger partial charge in [0, 0.05) is 24.5 Å². The van der Waals surface area contributed by atoms with Crippen molar-refractivity contribution >= 4 is 5.84 Å². The summed E-state index contributed by atoms with van der Waals surface area (Å²) in [6.45, 7) is 0.453. The predicted octanol–water partition coefficient (Wildman–Crippen LogP) is 1.38. The van der Waals surface area contributed by atoms with E-state index in [1.54, 1.807) is 24.5 Å². The molecule has 0 unspecified atom stereocenters. The molecule has 0 radical (unpaired) electrons. The summed E-state index contributed by atoms with van der Waals surface area (Å²) in [5.74, 6) is 0.344. The molecule has 5 heteroatoms. The molecule has 0 aliphatic rings. The molecular formula is C13H14N4O. The van der Waals surface area contributed by atoms with Crippen LogP contribution in [0.25, 0.3) is 0 Å². The van der Waals surface area contributed by atoms with Crippen LogP contribution in [0.5, 0.6) is 5.88 Å². The average molecular weight is 242 g/mol. The molecule has 2 aromatic rings. The molecule has 2 rings (SSSR count). The van der Waals surface area contributed by atoms with Crippen molar-refractivity contribution in [1.29, 1.82) is 5.41 Å². The maximum Gasteiger partial charge on any atom is 0.224 e. The lowest BCUT2D eigenvalue weighted by Crippen LogP contribution is -2.14. The van der Waals surface area contributed by atoms with E-state index in [0.717, 1.165) is 5.69 Å². The molecule has 0 aliphatic carbocycles. The maximum absolute atomic E-state index is 7.42. The van der Waals surface area contributed by atoms with Crippen LogP contribution in [-0.2, 0) is 6.42 Å². The van der Waals surface area contributed by atoms with Crippen LogP contribution in [0.1, 0.15) is 11.3 Å². The van der Waals surface area contributed by atoms with Gasteiger partial charge in [-0.05, 0) is 24.3 Å². The lowest BCUT2D eigenvalue weighted by molar-refractivity contribution is 0.307. The van der Waals surface area contributed by atoms with Crippen LogP contribution in [0.2, 0.25) is 0 Å². The standard InChI is InChI=1S/C13H14N4O/c14-12(15)11-5-3-8-17-13(11)18-9-6-10-4-1-2-7-16-10/h1-5,7-8H,6,9H2,(H3,14,15). The highest BCUT2D eigenvalue weighted by atomic mass is 16.5. The van der Waals surface area contributed by atoms with E-state index in [-0.39, 0.29) is 5.84 Å². The Morgan fingerprint density at radius 3 is 2.72 bits per heavy atom. The Bertz CT molecular complexity index is 528. The number of ether oxygens (including phenoxy) is 1. The van der Waals surface area contributed by atoms with Crippen molar-refractivity contribution in [2.45, 2.75) is 6.42 Å². The second kappa shape index (κ2) is 5.77. The maximum atomic E-state index is 7.42. The number of hydrogen-bond acceptors (Lipinski definition) is 4. The lowest BCUT2D eigenvalue weighted by Gasteiger charge is -2.08. The van der Waals surface area contributed by atoms with Crippen LogP contribution in [-0.4, -0.2) is 22.4 Å². The second-order valence-corrected chi connectivity index (χ2v) is 3.69. The minimum atomic E-state index is -0.0454. The van der Waals surface area contributed by atoms with Crippen molar-refractivity contribution in [3.63, 3.8) is 0 Å². The van der Waals surface area contributed by atoms with E-state index in [1.807, 2.05) is 18.2 Å². The van der Waals surface area contributed by atoms with Crippen LogP contribution >= 0.6 is 0 Å². The van der Waals surface area contributed by atoms with Crippen molar-refractivity contribution in [2.75, 3.05) is 6.61 Å². The quantitative estimate of drug-likeness (QED) is 0.612. The molecule has 5 nitrogen and oxygen atoms in total. The molecule has 0 saturated heterocycles. The number of rotatable bonds is 5. The van der Waals surface area contributed by atoms with Crippen molar-refractivity contribution in [1.82, 2.24) is 9.97 Å². The Kier molecular flexibility index (Phi) is 3.86. The molecule has 3 N–H and O–H groups in total. The number of pyridine rings is 2. The molecule has 0 saturated carbocycles. The third-order valence-electron chi connectivity index (χ3n) is 2.38. The highest BCUT2D eigenvalue weighted by Gasteiger charge is 2.07. The Balaban J connectivity index is 1.97. The Morgan fingerprint density at radius 1 is 1.17 bits per heavy atom. The first kappa shape index (κ1) is 12.0. The third-order valence-corrected chi connectivity index (χ3v) is 2.38. The molecule has 0 fully saturated rings. The van der Waals surface area contributed by atoms with Gasteiger partial charge in [-0.15, -0.1) is 0 Å². The summed E-state index contributed by atoms with van der Waals surface area (Å²) >= 11 is 0. The van der Waals surface area contributed by atoms with E-state index in [9.17, 15) is 0 Å². The molecule has 2 heterocycles. The number of aromatic nitrogens is 2. The first-order valence-electron chi connectivity index (χ1n) is 5.59. The monoisotopic (exact) mass is 242 g/mol. The fraction of sp³-hybridized carbons (Fsp3) is 0.154. The van der Waals surface area contributed by atoms with Gasteiger partial charge in [0.1, 0.15) is 5.84 Å². The Morgan fingerprint density at radius 2 is 2.00 bits per heavy atom. The van der Waals surface area contributed by atoms with Crippen molar-refractivity contribution in [2.24, 2.45) is 5.73 Å². The highest BCUT2D eigenvalue weighted by molar-refractivity contribution is 5.96. The zero-order chi connectivity index (χ0) is 12.8. The number of nitrogens with zero attached hydrogens (tertiary/aromatic N) is 2. The van der Waals surface area contributed by atoms with Crippen molar-refractivity contribution in [3.05, 3.63) is 54.0 Å². The molecule has 0 aromatic carbocycles. The predicted molar refractivity (Wildman–Crippen MR) is 68.7 cm³/mol. The van der Waals surface area contributed by atoms with Crippen molar-refractivity contribution < 1.29 is 4.74 Å². The van der Waals surface area contributed by atoms with E-state index in [4.69, 9.17) is 15.9 Å². The fourth-order valence-electron chi connectivity index (χ4n) is 1.51. The van der Waals surface area contributed by atoms with Crippen LogP contribution in [0.3, 0.4) is 0 Å². The average Bonchev–Trinajstić information content (AvgIpc) is 2.40. The van der Waals surface area contributed by atoms with E-state index in [1.165, 1.54) is 0 Å². The molecule has 18 heavy (non-hydrogen) atoms. The van der Waals surface area contributed by atoms with Crippen molar-refractivity contribution in [3.8, 4) is 5.88 Å². The molecule has 0 aliphatic heterocycles. The smallest absolute Gasteiger partial charge is 0.224 e. The van der Waals surface area contributed by atoms with Gasteiger partial charge in [0.15, 0.2) is 0 Å². The minimum absolute atomic E-state index is 0.0454. The zero-order valence-electron chi connectivity index (χ0n) is 9.84. The van der Waals surface area contributed by atoms with Gasteiger partial charge < -0.3 is 10.5 Å². The summed E-state index contributed by atoms with van der Waals surface area (Å²) in [7, 11) is 0. The first-order chi connectivity index (χ1) is 8.77. The van der Waals surface area contributed by atoms with E-state index in [0.29, 0.717) is 24.5 Å². The zero-order valence-corrected chi connectivity index (χ0v) is 9.84. The topological polar surface area (TPSA) is 84.9 Å². The van der Waals surface area contributed by atoms with Gasteiger partial charge in [-0.3, -0.25) is 10.4 Å². The summed E-state index contributed by atoms with van der Waals surface area (Å²) in [4.78, 5) is 8.27. The molecule has 0 spiro atoms. The van der Waals surface area contributed by atoms with Gasteiger partial charge in [0.05, 0.1) is 12.2 Å². The highest BCUT2D eigenvalue weighted by Crippen LogP contribution is 2.13. The third kappa shape index (κ3) is 3.04. The number of hydrogen-bond donors (Lipinski definition) is 2. The SMILES string of the molecule is N=C(N)c1cccnc1OCCc1ccccn1. The fourth-order valence-corrected chi connectivity index (χ4v) is 1.51. The van der Waals surface area contributed by atoms with E-state index < -0.39 is 0 Å². The van der Waals surface area contributed by atoms with E-state index >= 15 is 0 Å². The van der Waals surface area contributed by atoms with Gasteiger partial charge in [0.2, 0.25) is 5.88 Å². The number of amidine groups is 1. The molecule has 0 bridgehead atoms. The van der Waals surface area contributed by atoms with Crippen LogP contribution in [0.15, 0.2) is 42.7 Å². The van der Waals surface area contributed by atoms with E-state index in [2.05, 4.69) is 9.97 Å². The largest absolute Gasteiger partial charge is 0.477 e. The number of nitrogens with one attached hydrogen (secondary N) is 1. The Hall–Kier alpha value is -2.43. The van der Waals surface area contributed by atoms with Gasteiger partial charge in [-0.2, -0.15) is 0 Å². The van der Waals surface area contributed by atoms with Crippen LogP contribution in [0.4, 0.5) is 0 Å².